The van der Waals surface area contributed by atoms with Gasteiger partial charge in [0.15, 0.2) is 10.4 Å². The Morgan fingerprint density at radius 3 is 2.79 bits per heavy atom. The van der Waals surface area contributed by atoms with Crippen molar-refractivity contribution in [3.8, 4) is 5.75 Å². The number of hydrogen-bond donors (Lipinski definition) is 1. The SMILES string of the molecule is Cc1ccccc1CSc1nnc(NC(=O)C(C)Oc2ccc(Cl)cc2Cl)s1. The highest BCUT2D eigenvalue weighted by Gasteiger charge is 2.18. The van der Waals surface area contributed by atoms with Gasteiger partial charge >= 0.3 is 0 Å². The molecule has 3 rings (SSSR count). The van der Waals surface area contributed by atoms with Gasteiger partial charge in [-0.3, -0.25) is 10.1 Å². The van der Waals surface area contributed by atoms with Gasteiger partial charge in [-0.1, -0.05) is 70.6 Å². The predicted molar refractivity (Wildman–Crippen MR) is 116 cm³/mol. The van der Waals surface area contributed by atoms with Gasteiger partial charge in [0, 0.05) is 10.8 Å². The molecule has 0 spiro atoms. The summed E-state index contributed by atoms with van der Waals surface area (Å²) in [5.74, 6) is 0.849. The predicted octanol–water partition coefficient (Wildman–Crippen LogP) is 5.85. The summed E-state index contributed by atoms with van der Waals surface area (Å²) in [4.78, 5) is 12.4. The molecular formula is C19H17Cl2N3O2S2. The van der Waals surface area contributed by atoms with E-state index in [9.17, 15) is 4.79 Å². The lowest BCUT2D eigenvalue weighted by Crippen LogP contribution is -2.30. The molecule has 0 aliphatic carbocycles. The molecule has 1 atom stereocenters. The Morgan fingerprint density at radius 2 is 2.04 bits per heavy atom. The van der Waals surface area contributed by atoms with Crippen molar-refractivity contribution in [2.45, 2.75) is 30.0 Å². The van der Waals surface area contributed by atoms with Crippen molar-refractivity contribution in [2.75, 3.05) is 5.32 Å². The number of ether oxygens (including phenoxy) is 1. The molecule has 3 aromatic rings. The highest BCUT2D eigenvalue weighted by Crippen LogP contribution is 2.30. The molecule has 2 aromatic carbocycles. The monoisotopic (exact) mass is 453 g/mol. The second kappa shape index (κ2) is 9.60. The molecule has 0 saturated heterocycles. The Bertz CT molecular complexity index is 981. The van der Waals surface area contributed by atoms with Crippen molar-refractivity contribution in [3.63, 3.8) is 0 Å². The van der Waals surface area contributed by atoms with Crippen molar-refractivity contribution in [3.05, 3.63) is 63.6 Å². The van der Waals surface area contributed by atoms with Crippen LogP contribution in [0.4, 0.5) is 5.13 Å². The summed E-state index contributed by atoms with van der Waals surface area (Å²) in [6.45, 7) is 3.71. The van der Waals surface area contributed by atoms with Gasteiger partial charge < -0.3 is 4.74 Å². The van der Waals surface area contributed by atoms with Crippen molar-refractivity contribution >= 4 is 57.3 Å². The molecule has 28 heavy (non-hydrogen) atoms. The summed E-state index contributed by atoms with van der Waals surface area (Å²) in [6, 6.07) is 13.0. The molecule has 146 valence electrons. The van der Waals surface area contributed by atoms with Gasteiger partial charge in [0.25, 0.3) is 5.91 Å². The number of nitrogens with one attached hydrogen (secondary N) is 1. The van der Waals surface area contributed by atoms with Crippen LogP contribution in [0.3, 0.4) is 0 Å². The lowest BCUT2D eigenvalue weighted by atomic mass is 10.1. The number of rotatable bonds is 7. The second-order valence-electron chi connectivity index (χ2n) is 5.91. The molecule has 5 nitrogen and oxygen atoms in total. The van der Waals surface area contributed by atoms with E-state index < -0.39 is 6.10 Å². The summed E-state index contributed by atoms with van der Waals surface area (Å²) < 4.78 is 6.39. The minimum Gasteiger partial charge on any atom is -0.479 e. The Balaban J connectivity index is 1.55. The maximum atomic E-state index is 12.4. The number of aryl methyl sites for hydroxylation is 1. The van der Waals surface area contributed by atoms with Gasteiger partial charge in [-0.2, -0.15) is 0 Å². The third kappa shape index (κ3) is 5.61. The van der Waals surface area contributed by atoms with Crippen LogP contribution in [-0.4, -0.2) is 22.2 Å². The normalized spacial score (nSPS) is 11.9. The fraction of sp³-hybridized carbons (Fsp3) is 0.211. The molecule has 0 bridgehead atoms. The molecule has 1 unspecified atom stereocenters. The number of nitrogens with zero attached hydrogens (tertiary/aromatic N) is 2. The van der Waals surface area contributed by atoms with E-state index in [4.69, 9.17) is 27.9 Å². The molecule has 0 fully saturated rings. The number of halogens is 2. The number of hydrogen-bond acceptors (Lipinski definition) is 6. The molecule has 0 aliphatic heterocycles. The van der Waals surface area contributed by atoms with E-state index in [-0.39, 0.29) is 5.91 Å². The lowest BCUT2D eigenvalue weighted by molar-refractivity contribution is -0.122. The fourth-order valence-electron chi connectivity index (χ4n) is 2.25. The lowest BCUT2D eigenvalue weighted by Gasteiger charge is -2.14. The first-order valence-corrected chi connectivity index (χ1v) is 10.9. The zero-order valence-electron chi connectivity index (χ0n) is 15.1. The van der Waals surface area contributed by atoms with Crippen molar-refractivity contribution in [1.82, 2.24) is 10.2 Å². The summed E-state index contributed by atoms with van der Waals surface area (Å²) in [6.07, 6.45) is -0.759. The average Bonchev–Trinajstić information content (AvgIpc) is 3.10. The van der Waals surface area contributed by atoms with E-state index in [2.05, 4.69) is 34.6 Å². The Kier molecular flexibility index (Phi) is 7.18. The maximum Gasteiger partial charge on any atom is 0.266 e. The van der Waals surface area contributed by atoms with Crippen LogP contribution in [0.1, 0.15) is 18.1 Å². The molecule has 0 radical (unpaired) electrons. The van der Waals surface area contributed by atoms with Crippen LogP contribution in [0.2, 0.25) is 10.0 Å². The fourth-order valence-corrected chi connectivity index (χ4v) is 4.54. The van der Waals surface area contributed by atoms with Gasteiger partial charge in [0.2, 0.25) is 5.13 Å². The first-order chi connectivity index (χ1) is 13.4. The zero-order valence-corrected chi connectivity index (χ0v) is 18.3. The van der Waals surface area contributed by atoms with Crippen LogP contribution in [0.15, 0.2) is 46.8 Å². The highest BCUT2D eigenvalue weighted by atomic mass is 35.5. The number of carbonyl (C=O) groups excluding carboxylic acids is 1. The van der Waals surface area contributed by atoms with Gasteiger partial charge in [0.1, 0.15) is 5.75 Å². The van der Waals surface area contributed by atoms with E-state index in [0.29, 0.717) is 20.9 Å². The molecule has 0 aliphatic rings. The summed E-state index contributed by atoms with van der Waals surface area (Å²) in [5.41, 5.74) is 2.48. The third-order valence-corrected chi connectivity index (χ3v) is 6.37. The van der Waals surface area contributed by atoms with Crippen molar-refractivity contribution in [1.29, 1.82) is 0 Å². The topological polar surface area (TPSA) is 64.1 Å². The van der Waals surface area contributed by atoms with E-state index in [1.54, 1.807) is 36.9 Å². The van der Waals surface area contributed by atoms with Crippen LogP contribution in [0.25, 0.3) is 0 Å². The molecule has 1 heterocycles. The van der Waals surface area contributed by atoms with Crippen LogP contribution in [-0.2, 0) is 10.5 Å². The number of benzene rings is 2. The van der Waals surface area contributed by atoms with Gasteiger partial charge in [-0.05, 0) is 43.2 Å². The Labute approximate surface area is 181 Å². The maximum absolute atomic E-state index is 12.4. The van der Waals surface area contributed by atoms with Gasteiger partial charge in [-0.15, -0.1) is 10.2 Å². The van der Waals surface area contributed by atoms with Crippen molar-refractivity contribution in [2.24, 2.45) is 0 Å². The minimum atomic E-state index is -0.759. The Hall–Kier alpha value is -1.80. The molecule has 1 aromatic heterocycles. The first-order valence-electron chi connectivity index (χ1n) is 8.36. The smallest absolute Gasteiger partial charge is 0.266 e. The Morgan fingerprint density at radius 1 is 1.25 bits per heavy atom. The van der Waals surface area contributed by atoms with Crippen LogP contribution in [0.5, 0.6) is 5.75 Å². The molecule has 1 N–H and O–H groups in total. The van der Waals surface area contributed by atoms with E-state index in [0.717, 1.165) is 10.1 Å². The quantitative estimate of drug-likeness (QED) is 0.358. The summed E-state index contributed by atoms with van der Waals surface area (Å²) in [7, 11) is 0. The number of carbonyl (C=O) groups is 1. The van der Waals surface area contributed by atoms with E-state index in [1.165, 1.54) is 22.5 Å². The van der Waals surface area contributed by atoms with E-state index in [1.807, 2.05) is 12.1 Å². The molecular weight excluding hydrogens is 437 g/mol. The third-order valence-electron chi connectivity index (χ3n) is 3.82. The minimum absolute atomic E-state index is 0.336. The number of amides is 1. The van der Waals surface area contributed by atoms with Crippen LogP contribution < -0.4 is 10.1 Å². The molecule has 9 heteroatoms. The highest BCUT2D eigenvalue weighted by molar-refractivity contribution is 8.00. The van der Waals surface area contributed by atoms with E-state index >= 15 is 0 Å². The first kappa shape index (κ1) is 20.9. The number of anilines is 1. The molecule has 1 amide bonds. The van der Waals surface area contributed by atoms with Gasteiger partial charge in [0.05, 0.1) is 5.02 Å². The average molecular weight is 454 g/mol. The molecule has 0 saturated carbocycles. The summed E-state index contributed by atoms with van der Waals surface area (Å²) in [5, 5.41) is 12.1. The van der Waals surface area contributed by atoms with Gasteiger partial charge in [-0.25, -0.2) is 0 Å². The number of thioether (sulfide) groups is 1. The second-order valence-corrected chi connectivity index (χ2v) is 8.96. The number of aromatic nitrogens is 2. The van der Waals surface area contributed by atoms with Crippen LogP contribution >= 0.6 is 46.3 Å². The zero-order chi connectivity index (χ0) is 20.1. The largest absolute Gasteiger partial charge is 0.479 e. The summed E-state index contributed by atoms with van der Waals surface area (Å²) >= 11 is 14.8. The van der Waals surface area contributed by atoms with Crippen molar-refractivity contribution < 1.29 is 9.53 Å². The van der Waals surface area contributed by atoms with Crippen LogP contribution in [0, 0.1) is 6.92 Å². The standard InChI is InChI=1S/C19H17Cl2N3O2S2/c1-11-5-3-4-6-13(11)10-27-19-24-23-18(28-19)22-17(25)12(2)26-16-8-7-14(20)9-15(16)21/h3-9,12H,10H2,1-2H3,(H,22,23,25).